The Hall–Kier alpha value is -1.26. The first-order valence-corrected chi connectivity index (χ1v) is 7.44. The average molecular weight is 360 g/mol. The Bertz CT molecular complexity index is 584. The van der Waals surface area contributed by atoms with Crippen molar-refractivity contribution in [3.63, 3.8) is 0 Å². The lowest BCUT2D eigenvalue weighted by Gasteiger charge is -2.12. The molecule has 0 aliphatic heterocycles. The fraction of sp³-hybridized carbons (Fsp3) is 0.200. The first-order valence-electron chi connectivity index (χ1n) is 5.94. The lowest BCUT2D eigenvalue weighted by Crippen LogP contribution is -2.01. The minimum Gasteiger partial charge on any atom is -0.493 e. The highest BCUT2D eigenvalue weighted by atomic mass is 79.9. The molecule has 2 aromatic carbocycles. The lowest BCUT2D eigenvalue weighted by molar-refractivity contribution is 0.279. The zero-order valence-corrected chi connectivity index (χ0v) is 13.2. The Morgan fingerprint density at radius 3 is 2.65 bits per heavy atom. The van der Waals surface area contributed by atoms with E-state index in [2.05, 4.69) is 15.9 Å². The third kappa shape index (κ3) is 3.44. The summed E-state index contributed by atoms with van der Waals surface area (Å²) in [5.74, 6) is 0.777. The largest absolute Gasteiger partial charge is 0.493 e. The van der Waals surface area contributed by atoms with E-state index in [1.807, 2.05) is 12.1 Å². The molecule has 0 spiro atoms. The number of benzene rings is 2. The van der Waals surface area contributed by atoms with Crippen LogP contribution < -0.4 is 9.47 Å². The molecule has 0 unspecified atom stereocenters. The Morgan fingerprint density at radius 1 is 1.20 bits per heavy atom. The Balaban J connectivity index is 2.19. The van der Waals surface area contributed by atoms with Gasteiger partial charge in [-0.2, -0.15) is 0 Å². The van der Waals surface area contributed by atoms with E-state index in [0.29, 0.717) is 22.1 Å². The van der Waals surface area contributed by atoms with Crippen LogP contribution in [-0.4, -0.2) is 7.11 Å². The molecule has 0 atom stereocenters. The molecule has 0 aliphatic rings. The summed E-state index contributed by atoms with van der Waals surface area (Å²) in [4.78, 5) is 0. The molecule has 0 radical (unpaired) electrons. The smallest absolute Gasteiger partial charge is 0.161 e. The van der Waals surface area contributed by atoms with Gasteiger partial charge in [-0.15, -0.1) is 0 Å². The van der Waals surface area contributed by atoms with Crippen LogP contribution in [0.15, 0.2) is 36.4 Å². The van der Waals surface area contributed by atoms with E-state index >= 15 is 0 Å². The highest BCUT2D eigenvalue weighted by Gasteiger charge is 2.10. The molecule has 0 amide bonds. The first kappa shape index (κ1) is 15.1. The second-order valence-electron chi connectivity index (χ2n) is 4.11. The molecule has 20 heavy (non-hydrogen) atoms. The second-order valence-corrected chi connectivity index (χ2v) is 5.08. The summed E-state index contributed by atoms with van der Waals surface area (Å²) >= 11 is 9.34. The van der Waals surface area contributed by atoms with Gasteiger partial charge in [0.25, 0.3) is 0 Å². The maximum Gasteiger partial charge on any atom is 0.161 e. The van der Waals surface area contributed by atoms with Gasteiger partial charge in [0, 0.05) is 10.9 Å². The van der Waals surface area contributed by atoms with Crippen molar-refractivity contribution in [2.75, 3.05) is 7.11 Å². The van der Waals surface area contributed by atoms with Gasteiger partial charge in [-0.3, -0.25) is 0 Å². The minimum absolute atomic E-state index is 0.0511. The number of rotatable bonds is 5. The summed E-state index contributed by atoms with van der Waals surface area (Å²) in [5.41, 5.74) is 1.40. The van der Waals surface area contributed by atoms with Gasteiger partial charge >= 0.3 is 0 Å². The van der Waals surface area contributed by atoms with E-state index in [0.717, 1.165) is 10.9 Å². The number of hydrogen-bond donors (Lipinski definition) is 0. The quantitative estimate of drug-likeness (QED) is 0.702. The van der Waals surface area contributed by atoms with Crippen LogP contribution in [0.25, 0.3) is 0 Å². The molecule has 2 rings (SSSR count). The van der Waals surface area contributed by atoms with Crippen molar-refractivity contribution in [3.8, 4) is 11.5 Å². The van der Waals surface area contributed by atoms with Crippen molar-refractivity contribution in [1.82, 2.24) is 0 Å². The molecule has 0 saturated carbocycles. The summed E-state index contributed by atoms with van der Waals surface area (Å²) in [5, 5.41) is 1.07. The van der Waals surface area contributed by atoms with Crippen molar-refractivity contribution in [2.45, 2.75) is 11.9 Å². The Morgan fingerprint density at radius 2 is 2.00 bits per heavy atom. The maximum atomic E-state index is 13.7. The fourth-order valence-electron chi connectivity index (χ4n) is 1.73. The number of halogens is 3. The van der Waals surface area contributed by atoms with E-state index in [1.54, 1.807) is 25.3 Å². The molecule has 0 aliphatic carbocycles. The monoisotopic (exact) mass is 358 g/mol. The average Bonchev–Trinajstić information content (AvgIpc) is 2.46. The SMILES string of the molecule is COc1cc(CBr)ccc1OCc1c(F)cccc1Cl. The third-order valence-corrected chi connectivity index (χ3v) is 3.82. The summed E-state index contributed by atoms with van der Waals surface area (Å²) in [6.45, 7) is 0.0511. The molecule has 0 fully saturated rings. The standard InChI is InChI=1S/C15H13BrClFO2/c1-19-15-7-10(8-16)5-6-14(15)20-9-11-12(17)3-2-4-13(11)18/h2-7H,8-9H2,1H3. The van der Waals surface area contributed by atoms with Crippen molar-refractivity contribution in [3.05, 3.63) is 58.4 Å². The molecule has 2 aromatic rings. The van der Waals surface area contributed by atoms with Crippen molar-refractivity contribution in [1.29, 1.82) is 0 Å². The number of alkyl halides is 1. The van der Waals surface area contributed by atoms with E-state index in [1.165, 1.54) is 6.07 Å². The zero-order valence-electron chi connectivity index (χ0n) is 10.8. The summed E-state index contributed by atoms with van der Waals surface area (Å²) in [6, 6.07) is 10.1. The van der Waals surface area contributed by atoms with Crippen LogP contribution in [0.4, 0.5) is 4.39 Å². The van der Waals surface area contributed by atoms with Crippen molar-refractivity contribution in [2.24, 2.45) is 0 Å². The topological polar surface area (TPSA) is 18.5 Å². The van der Waals surface area contributed by atoms with E-state index < -0.39 is 0 Å². The van der Waals surface area contributed by atoms with Crippen LogP contribution in [0.2, 0.25) is 5.02 Å². The molecular weight excluding hydrogens is 347 g/mol. The summed E-state index contributed by atoms with van der Waals surface area (Å²) in [6.07, 6.45) is 0. The molecule has 106 valence electrons. The highest BCUT2D eigenvalue weighted by Crippen LogP contribution is 2.30. The van der Waals surface area contributed by atoms with Gasteiger partial charge in [-0.25, -0.2) is 4.39 Å². The minimum atomic E-state index is -0.381. The van der Waals surface area contributed by atoms with Crippen LogP contribution in [0.1, 0.15) is 11.1 Å². The van der Waals surface area contributed by atoms with Crippen LogP contribution >= 0.6 is 27.5 Å². The molecule has 0 saturated heterocycles. The Kier molecular flexibility index (Phi) is 5.26. The zero-order chi connectivity index (χ0) is 14.5. The normalized spacial score (nSPS) is 10.4. The third-order valence-electron chi connectivity index (χ3n) is 2.82. The fourth-order valence-corrected chi connectivity index (χ4v) is 2.30. The van der Waals surface area contributed by atoms with Gasteiger partial charge < -0.3 is 9.47 Å². The van der Waals surface area contributed by atoms with E-state index in [-0.39, 0.29) is 12.4 Å². The molecule has 2 nitrogen and oxygen atoms in total. The predicted octanol–water partition coefficient (Wildman–Crippen LogP) is 4.96. The second kappa shape index (κ2) is 6.95. The molecule has 0 bridgehead atoms. The van der Waals surface area contributed by atoms with Gasteiger partial charge in [0.15, 0.2) is 11.5 Å². The number of hydrogen-bond acceptors (Lipinski definition) is 2. The van der Waals surface area contributed by atoms with Gasteiger partial charge in [0.1, 0.15) is 12.4 Å². The molecule has 0 heterocycles. The number of ether oxygens (including phenoxy) is 2. The summed E-state index contributed by atoms with van der Waals surface area (Å²) in [7, 11) is 1.57. The predicted molar refractivity (Wildman–Crippen MR) is 81.4 cm³/mol. The molecule has 0 N–H and O–H groups in total. The van der Waals surface area contributed by atoms with Crippen molar-refractivity contribution >= 4 is 27.5 Å². The molecule has 0 aromatic heterocycles. The van der Waals surface area contributed by atoms with Crippen LogP contribution in [0.5, 0.6) is 11.5 Å². The van der Waals surface area contributed by atoms with Gasteiger partial charge in [-0.05, 0) is 29.8 Å². The number of methoxy groups -OCH3 is 1. The van der Waals surface area contributed by atoms with Gasteiger partial charge in [0.05, 0.1) is 12.1 Å². The van der Waals surface area contributed by atoms with Crippen LogP contribution in [0.3, 0.4) is 0 Å². The van der Waals surface area contributed by atoms with Gasteiger partial charge in [0.2, 0.25) is 0 Å². The maximum absolute atomic E-state index is 13.7. The van der Waals surface area contributed by atoms with E-state index in [4.69, 9.17) is 21.1 Å². The molecule has 5 heteroatoms. The Labute approximate surface area is 130 Å². The first-order chi connectivity index (χ1) is 9.65. The lowest BCUT2D eigenvalue weighted by atomic mass is 10.2. The van der Waals surface area contributed by atoms with Crippen molar-refractivity contribution < 1.29 is 13.9 Å². The highest BCUT2D eigenvalue weighted by molar-refractivity contribution is 9.08. The van der Waals surface area contributed by atoms with Crippen LogP contribution in [-0.2, 0) is 11.9 Å². The molecular formula is C15H13BrClFO2. The van der Waals surface area contributed by atoms with Crippen LogP contribution in [0, 0.1) is 5.82 Å². The summed E-state index contributed by atoms with van der Waals surface area (Å²) < 4.78 is 24.5. The van der Waals surface area contributed by atoms with Gasteiger partial charge in [-0.1, -0.05) is 39.7 Å². The van der Waals surface area contributed by atoms with E-state index in [9.17, 15) is 4.39 Å².